The number of aliphatic hydroxyl groups is 1. The number of hydrogen-bond donors (Lipinski definition) is 2. The highest BCUT2D eigenvalue weighted by atomic mass is 19.1. The van der Waals surface area contributed by atoms with Gasteiger partial charge in [-0.3, -0.25) is 4.79 Å². The number of halogens is 1. The first-order valence-corrected chi connectivity index (χ1v) is 7.84. The largest absolute Gasteiger partial charge is 0.393 e. The van der Waals surface area contributed by atoms with Crippen molar-refractivity contribution in [3.8, 4) is 5.69 Å². The molecular formula is C17H20FN3O2. The molecule has 1 saturated carbocycles. The molecule has 1 heterocycles. The van der Waals surface area contributed by atoms with E-state index in [2.05, 4.69) is 10.4 Å². The van der Waals surface area contributed by atoms with Gasteiger partial charge in [0.1, 0.15) is 5.82 Å². The number of hydrogen-bond acceptors (Lipinski definition) is 3. The average Bonchev–Trinajstić information content (AvgIpc) is 2.92. The summed E-state index contributed by atoms with van der Waals surface area (Å²) in [4.78, 5) is 12.3. The molecule has 23 heavy (non-hydrogen) atoms. The third-order valence-corrected chi connectivity index (χ3v) is 4.20. The van der Waals surface area contributed by atoms with E-state index in [0.29, 0.717) is 24.2 Å². The molecule has 0 radical (unpaired) electrons. The number of aromatic nitrogens is 2. The molecule has 1 aliphatic rings. The number of carbonyl (C=O) groups is 1. The van der Waals surface area contributed by atoms with E-state index in [1.165, 1.54) is 12.1 Å². The van der Waals surface area contributed by atoms with Gasteiger partial charge in [-0.25, -0.2) is 9.07 Å². The topological polar surface area (TPSA) is 67.2 Å². The Morgan fingerprint density at radius 1 is 1.30 bits per heavy atom. The summed E-state index contributed by atoms with van der Waals surface area (Å²) >= 11 is 0. The van der Waals surface area contributed by atoms with Crippen LogP contribution in [0.5, 0.6) is 0 Å². The molecule has 0 unspecified atom stereocenters. The molecule has 2 aromatic rings. The van der Waals surface area contributed by atoms with Gasteiger partial charge in [-0.2, -0.15) is 5.10 Å². The normalized spacial score (nSPS) is 21.2. The molecule has 2 N–H and O–H groups in total. The highest BCUT2D eigenvalue weighted by molar-refractivity contribution is 5.92. The number of rotatable bonds is 3. The summed E-state index contributed by atoms with van der Waals surface area (Å²) in [6.07, 6.45) is 2.72. The fourth-order valence-corrected chi connectivity index (χ4v) is 2.93. The highest BCUT2D eigenvalue weighted by Gasteiger charge is 2.22. The van der Waals surface area contributed by atoms with Crippen molar-refractivity contribution in [3.63, 3.8) is 0 Å². The summed E-state index contributed by atoms with van der Waals surface area (Å²) in [7, 11) is 0. The van der Waals surface area contributed by atoms with Crippen LogP contribution in [0.2, 0.25) is 0 Å². The summed E-state index contributed by atoms with van der Waals surface area (Å²) in [5.74, 6) is -0.575. The SMILES string of the molecule is Cc1cc(C(=O)NC2CCC(O)CC2)nn1-c1cccc(F)c1. The molecule has 0 spiro atoms. The molecule has 1 fully saturated rings. The Kier molecular flexibility index (Phi) is 4.43. The minimum atomic E-state index is -0.343. The Morgan fingerprint density at radius 3 is 2.74 bits per heavy atom. The number of amides is 1. The standard InChI is InChI=1S/C17H20FN3O2/c1-11-9-16(17(23)19-13-5-7-15(22)8-6-13)20-21(11)14-4-2-3-12(18)10-14/h2-4,9-10,13,15,22H,5-8H2,1H3,(H,19,23). The maximum atomic E-state index is 13.3. The summed E-state index contributed by atoms with van der Waals surface area (Å²) in [5.41, 5.74) is 1.67. The Morgan fingerprint density at radius 2 is 2.04 bits per heavy atom. The van der Waals surface area contributed by atoms with Crippen LogP contribution < -0.4 is 5.32 Å². The van der Waals surface area contributed by atoms with Crippen LogP contribution in [0.1, 0.15) is 41.9 Å². The fraction of sp³-hybridized carbons (Fsp3) is 0.412. The zero-order valence-electron chi connectivity index (χ0n) is 13.0. The Labute approximate surface area is 134 Å². The van der Waals surface area contributed by atoms with Gasteiger partial charge in [0.15, 0.2) is 5.69 Å². The zero-order valence-corrected chi connectivity index (χ0v) is 13.0. The van der Waals surface area contributed by atoms with E-state index in [0.717, 1.165) is 18.5 Å². The molecule has 1 amide bonds. The second kappa shape index (κ2) is 6.50. The number of carbonyl (C=O) groups excluding carboxylic acids is 1. The maximum Gasteiger partial charge on any atom is 0.272 e. The van der Waals surface area contributed by atoms with E-state index in [1.807, 2.05) is 6.92 Å². The van der Waals surface area contributed by atoms with Crippen molar-refractivity contribution in [2.45, 2.75) is 44.8 Å². The smallest absolute Gasteiger partial charge is 0.272 e. The first-order valence-electron chi connectivity index (χ1n) is 7.84. The van der Waals surface area contributed by atoms with Gasteiger partial charge in [0, 0.05) is 11.7 Å². The highest BCUT2D eigenvalue weighted by Crippen LogP contribution is 2.19. The average molecular weight is 317 g/mol. The summed E-state index contributed by atoms with van der Waals surface area (Å²) in [6, 6.07) is 7.87. The van der Waals surface area contributed by atoms with E-state index in [1.54, 1.807) is 22.9 Å². The zero-order chi connectivity index (χ0) is 16.4. The van der Waals surface area contributed by atoms with Crippen LogP contribution in [0.15, 0.2) is 30.3 Å². The quantitative estimate of drug-likeness (QED) is 0.913. The number of benzene rings is 1. The molecule has 122 valence electrons. The van der Waals surface area contributed by atoms with Crippen LogP contribution in [0.4, 0.5) is 4.39 Å². The van der Waals surface area contributed by atoms with Crippen LogP contribution in [0.3, 0.4) is 0 Å². The van der Waals surface area contributed by atoms with Crippen LogP contribution in [-0.2, 0) is 0 Å². The van der Waals surface area contributed by atoms with Gasteiger partial charge < -0.3 is 10.4 Å². The van der Waals surface area contributed by atoms with Crippen LogP contribution in [0, 0.1) is 12.7 Å². The molecule has 0 atom stereocenters. The molecule has 1 aliphatic carbocycles. The Hall–Kier alpha value is -2.21. The Bertz CT molecular complexity index is 706. The molecule has 0 aliphatic heterocycles. The Balaban J connectivity index is 1.74. The van der Waals surface area contributed by atoms with E-state index < -0.39 is 0 Å². The minimum Gasteiger partial charge on any atom is -0.393 e. The van der Waals surface area contributed by atoms with Crippen molar-refractivity contribution in [2.75, 3.05) is 0 Å². The van der Waals surface area contributed by atoms with Crippen molar-refractivity contribution in [1.82, 2.24) is 15.1 Å². The molecule has 1 aromatic heterocycles. The van der Waals surface area contributed by atoms with Gasteiger partial charge in [0.25, 0.3) is 5.91 Å². The lowest BCUT2D eigenvalue weighted by Crippen LogP contribution is -2.38. The summed E-state index contributed by atoms with van der Waals surface area (Å²) < 4.78 is 14.9. The third kappa shape index (κ3) is 3.59. The van der Waals surface area contributed by atoms with Gasteiger partial charge in [-0.15, -0.1) is 0 Å². The van der Waals surface area contributed by atoms with E-state index in [-0.39, 0.29) is 23.9 Å². The molecule has 6 heteroatoms. The first kappa shape index (κ1) is 15.7. The lowest BCUT2D eigenvalue weighted by Gasteiger charge is -2.25. The number of nitrogens with zero attached hydrogens (tertiary/aromatic N) is 2. The number of aliphatic hydroxyl groups excluding tert-OH is 1. The van der Waals surface area contributed by atoms with E-state index >= 15 is 0 Å². The van der Waals surface area contributed by atoms with Crippen molar-refractivity contribution in [1.29, 1.82) is 0 Å². The molecule has 0 bridgehead atoms. The van der Waals surface area contributed by atoms with Crippen LogP contribution in [0.25, 0.3) is 5.69 Å². The molecule has 3 rings (SSSR count). The molecule has 1 aromatic carbocycles. The third-order valence-electron chi connectivity index (χ3n) is 4.20. The van der Waals surface area contributed by atoms with Gasteiger partial charge in [-0.1, -0.05) is 6.07 Å². The lowest BCUT2D eigenvalue weighted by molar-refractivity contribution is 0.0863. The monoisotopic (exact) mass is 317 g/mol. The van der Waals surface area contributed by atoms with Gasteiger partial charge in [-0.05, 0) is 56.9 Å². The van der Waals surface area contributed by atoms with Crippen molar-refractivity contribution in [3.05, 3.63) is 47.5 Å². The molecular weight excluding hydrogens is 297 g/mol. The maximum absolute atomic E-state index is 13.3. The van der Waals surface area contributed by atoms with Crippen molar-refractivity contribution >= 4 is 5.91 Å². The summed E-state index contributed by atoms with van der Waals surface area (Å²) in [5, 5.41) is 16.8. The number of nitrogens with one attached hydrogen (secondary N) is 1. The minimum absolute atomic E-state index is 0.0746. The van der Waals surface area contributed by atoms with Crippen molar-refractivity contribution in [2.24, 2.45) is 0 Å². The van der Waals surface area contributed by atoms with Gasteiger partial charge in [0.2, 0.25) is 0 Å². The molecule has 0 saturated heterocycles. The van der Waals surface area contributed by atoms with Crippen molar-refractivity contribution < 1.29 is 14.3 Å². The van der Waals surface area contributed by atoms with Gasteiger partial charge >= 0.3 is 0 Å². The van der Waals surface area contributed by atoms with Gasteiger partial charge in [0.05, 0.1) is 11.8 Å². The van der Waals surface area contributed by atoms with E-state index in [9.17, 15) is 14.3 Å². The van der Waals surface area contributed by atoms with E-state index in [4.69, 9.17) is 0 Å². The second-order valence-electron chi connectivity index (χ2n) is 6.04. The van der Waals surface area contributed by atoms with Crippen LogP contribution >= 0.6 is 0 Å². The summed E-state index contributed by atoms with van der Waals surface area (Å²) in [6.45, 7) is 1.83. The number of aryl methyl sites for hydroxylation is 1. The first-order chi connectivity index (χ1) is 11.0. The molecule has 5 nitrogen and oxygen atoms in total. The second-order valence-corrected chi connectivity index (χ2v) is 6.04. The fourth-order valence-electron chi connectivity index (χ4n) is 2.93. The predicted molar refractivity (Wildman–Crippen MR) is 84.0 cm³/mol. The predicted octanol–water partition coefficient (Wildman–Crippen LogP) is 2.35. The van der Waals surface area contributed by atoms with Crippen LogP contribution in [-0.4, -0.2) is 32.9 Å². The lowest BCUT2D eigenvalue weighted by atomic mass is 9.93.